The molecule has 3 aromatic carbocycles. The summed E-state index contributed by atoms with van der Waals surface area (Å²) < 4.78 is 5.96. The van der Waals surface area contributed by atoms with Crippen molar-refractivity contribution in [1.29, 1.82) is 0 Å². The van der Waals surface area contributed by atoms with Crippen molar-refractivity contribution in [2.45, 2.75) is 32.6 Å². The number of urea groups is 1. The van der Waals surface area contributed by atoms with Crippen molar-refractivity contribution in [1.82, 2.24) is 10.2 Å². The van der Waals surface area contributed by atoms with E-state index in [1.807, 2.05) is 61.5 Å². The Balaban J connectivity index is 1.26. The van der Waals surface area contributed by atoms with Crippen LogP contribution in [0.2, 0.25) is 0 Å². The van der Waals surface area contributed by atoms with Crippen LogP contribution < -0.4 is 15.4 Å². The van der Waals surface area contributed by atoms with Crippen molar-refractivity contribution >= 4 is 11.7 Å². The van der Waals surface area contributed by atoms with Crippen LogP contribution in [0.4, 0.5) is 10.5 Å². The highest BCUT2D eigenvalue weighted by Gasteiger charge is 2.19. The number of amides is 2. The summed E-state index contributed by atoms with van der Waals surface area (Å²) in [7, 11) is 0. The average molecular weight is 446 g/mol. The molecule has 33 heavy (non-hydrogen) atoms. The summed E-state index contributed by atoms with van der Waals surface area (Å²) in [5.41, 5.74) is 5.38. The minimum atomic E-state index is -0.646. The Hall–Kier alpha value is -3.35. The third-order valence-corrected chi connectivity index (χ3v) is 5.80. The van der Waals surface area contributed by atoms with Gasteiger partial charge in [0.15, 0.2) is 0 Å². The Morgan fingerprint density at radius 2 is 1.82 bits per heavy atom. The highest BCUT2D eigenvalue weighted by Crippen LogP contribution is 2.26. The van der Waals surface area contributed by atoms with E-state index in [2.05, 4.69) is 33.7 Å². The maximum Gasteiger partial charge on any atom is 0.319 e. The summed E-state index contributed by atoms with van der Waals surface area (Å²) in [5, 5.41) is 16.1. The van der Waals surface area contributed by atoms with Gasteiger partial charge in [-0.3, -0.25) is 4.90 Å². The Morgan fingerprint density at radius 1 is 1.06 bits per heavy atom. The van der Waals surface area contributed by atoms with Crippen LogP contribution in [-0.4, -0.2) is 41.8 Å². The fourth-order valence-electron chi connectivity index (χ4n) is 4.04. The summed E-state index contributed by atoms with van der Waals surface area (Å²) >= 11 is 0. The van der Waals surface area contributed by atoms with Crippen molar-refractivity contribution in [2.24, 2.45) is 0 Å². The zero-order valence-electron chi connectivity index (χ0n) is 19.0. The molecule has 3 N–H and O–H groups in total. The minimum Gasteiger partial charge on any atom is -0.487 e. The quantitative estimate of drug-likeness (QED) is 0.488. The highest BCUT2D eigenvalue weighted by molar-refractivity contribution is 5.91. The first kappa shape index (κ1) is 22.8. The van der Waals surface area contributed by atoms with E-state index in [-0.39, 0.29) is 12.6 Å². The van der Waals surface area contributed by atoms with Gasteiger partial charge in [0.2, 0.25) is 0 Å². The number of aryl methyl sites for hydroxylation is 1. The summed E-state index contributed by atoms with van der Waals surface area (Å²) in [6.45, 7) is 4.82. The highest BCUT2D eigenvalue weighted by atomic mass is 16.5. The van der Waals surface area contributed by atoms with E-state index in [1.165, 1.54) is 11.1 Å². The van der Waals surface area contributed by atoms with Crippen LogP contribution in [0.5, 0.6) is 5.75 Å². The number of nitrogens with zero attached hydrogens (tertiary/aromatic N) is 1. The molecule has 1 unspecified atom stereocenters. The van der Waals surface area contributed by atoms with Crippen molar-refractivity contribution in [3.8, 4) is 5.75 Å². The zero-order valence-corrected chi connectivity index (χ0v) is 19.0. The fraction of sp³-hybridized carbons (Fsp3) is 0.296. The van der Waals surface area contributed by atoms with Gasteiger partial charge in [0.25, 0.3) is 0 Å². The average Bonchev–Trinajstić information content (AvgIpc) is 2.83. The first-order valence-electron chi connectivity index (χ1n) is 11.4. The van der Waals surface area contributed by atoms with Crippen molar-refractivity contribution in [3.63, 3.8) is 0 Å². The fourth-order valence-corrected chi connectivity index (χ4v) is 4.04. The SMILES string of the molecule is Cc1ccc(NC(=O)NCC(O)CN2CCc3ccccc3C2)c(OCc2ccccc2)c1. The number of hydrogen-bond acceptors (Lipinski definition) is 4. The molecule has 6 nitrogen and oxygen atoms in total. The maximum absolute atomic E-state index is 12.5. The number of fused-ring (bicyclic) bond motifs is 1. The summed E-state index contributed by atoms with van der Waals surface area (Å²) in [4.78, 5) is 14.7. The molecule has 0 saturated carbocycles. The Kier molecular flexibility index (Phi) is 7.60. The summed E-state index contributed by atoms with van der Waals surface area (Å²) in [5.74, 6) is 0.613. The Labute approximate surface area is 195 Å². The van der Waals surface area contributed by atoms with E-state index >= 15 is 0 Å². The lowest BCUT2D eigenvalue weighted by molar-refractivity contribution is 0.106. The number of carbonyl (C=O) groups is 1. The molecule has 0 bridgehead atoms. The van der Waals surface area contributed by atoms with Crippen LogP contribution in [0, 0.1) is 6.92 Å². The zero-order chi connectivity index (χ0) is 23.0. The van der Waals surface area contributed by atoms with E-state index in [9.17, 15) is 9.90 Å². The molecule has 4 rings (SSSR count). The van der Waals surface area contributed by atoms with Gasteiger partial charge in [-0.25, -0.2) is 4.79 Å². The van der Waals surface area contributed by atoms with Crippen molar-refractivity contribution in [3.05, 3.63) is 95.1 Å². The molecule has 172 valence electrons. The number of carbonyl (C=O) groups excluding carboxylic acids is 1. The van der Waals surface area contributed by atoms with Crippen LogP contribution in [0.25, 0.3) is 0 Å². The molecule has 3 aromatic rings. The Bertz CT molecular complexity index is 1070. The Morgan fingerprint density at radius 3 is 2.64 bits per heavy atom. The molecule has 0 spiro atoms. The number of aliphatic hydroxyl groups excluding tert-OH is 1. The summed E-state index contributed by atoms with van der Waals surface area (Å²) in [6.07, 6.45) is 0.337. The first-order valence-corrected chi connectivity index (χ1v) is 11.4. The van der Waals surface area contributed by atoms with E-state index < -0.39 is 6.10 Å². The van der Waals surface area contributed by atoms with E-state index in [0.29, 0.717) is 24.6 Å². The monoisotopic (exact) mass is 445 g/mol. The number of aliphatic hydroxyl groups is 1. The first-order chi connectivity index (χ1) is 16.1. The molecule has 0 fully saturated rings. The maximum atomic E-state index is 12.5. The number of rotatable bonds is 8. The molecule has 1 aliphatic rings. The summed E-state index contributed by atoms with van der Waals surface area (Å²) in [6, 6.07) is 23.6. The number of hydrogen-bond donors (Lipinski definition) is 3. The standard InChI is InChI=1S/C27H31N3O3/c1-20-11-12-25(26(15-20)33-19-21-7-3-2-4-8-21)29-27(32)28-16-24(31)18-30-14-13-22-9-5-6-10-23(22)17-30/h2-12,15,24,31H,13-14,16-19H2,1H3,(H2,28,29,32). The molecule has 0 aromatic heterocycles. The molecule has 1 aliphatic heterocycles. The van der Waals surface area contributed by atoms with Crippen LogP contribution >= 0.6 is 0 Å². The number of β-amino-alcohol motifs (C(OH)–C–C–N with tert-alkyl or cyclic N) is 1. The predicted octanol–water partition coefficient (Wildman–Crippen LogP) is 4.11. The lowest BCUT2D eigenvalue weighted by atomic mass is 10.00. The van der Waals surface area contributed by atoms with Gasteiger partial charge in [0.05, 0.1) is 11.8 Å². The van der Waals surface area contributed by atoms with Crippen LogP contribution in [-0.2, 0) is 19.6 Å². The van der Waals surface area contributed by atoms with Gasteiger partial charge in [0, 0.05) is 26.2 Å². The molecule has 6 heteroatoms. The van der Waals surface area contributed by atoms with E-state index in [0.717, 1.165) is 30.6 Å². The van der Waals surface area contributed by atoms with E-state index in [1.54, 1.807) is 0 Å². The molecule has 0 saturated heterocycles. The second kappa shape index (κ2) is 11.0. The third kappa shape index (κ3) is 6.57. The second-order valence-electron chi connectivity index (χ2n) is 8.52. The predicted molar refractivity (Wildman–Crippen MR) is 130 cm³/mol. The van der Waals surface area contributed by atoms with Gasteiger partial charge in [-0.05, 0) is 47.7 Å². The second-order valence-corrected chi connectivity index (χ2v) is 8.52. The molecule has 1 atom stereocenters. The van der Waals surface area contributed by atoms with Gasteiger partial charge in [-0.2, -0.15) is 0 Å². The number of ether oxygens (including phenoxy) is 1. The molecule has 2 amide bonds. The number of anilines is 1. The molecular weight excluding hydrogens is 414 g/mol. The third-order valence-electron chi connectivity index (χ3n) is 5.80. The van der Waals surface area contributed by atoms with Gasteiger partial charge in [-0.15, -0.1) is 0 Å². The van der Waals surface area contributed by atoms with Crippen LogP contribution in [0.3, 0.4) is 0 Å². The van der Waals surface area contributed by atoms with Crippen LogP contribution in [0.1, 0.15) is 22.3 Å². The van der Waals surface area contributed by atoms with Crippen LogP contribution in [0.15, 0.2) is 72.8 Å². The normalized spacial score (nSPS) is 14.2. The number of nitrogens with one attached hydrogen (secondary N) is 2. The number of benzene rings is 3. The minimum absolute atomic E-state index is 0.177. The van der Waals surface area contributed by atoms with Crippen molar-refractivity contribution in [2.75, 3.05) is 25.0 Å². The topological polar surface area (TPSA) is 73.8 Å². The van der Waals surface area contributed by atoms with Gasteiger partial charge < -0.3 is 20.5 Å². The van der Waals surface area contributed by atoms with Gasteiger partial charge in [-0.1, -0.05) is 60.7 Å². The molecular formula is C27H31N3O3. The molecule has 1 heterocycles. The smallest absolute Gasteiger partial charge is 0.319 e. The van der Waals surface area contributed by atoms with E-state index in [4.69, 9.17) is 4.74 Å². The lowest BCUT2D eigenvalue weighted by Crippen LogP contribution is -2.43. The molecule has 0 aliphatic carbocycles. The van der Waals surface area contributed by atoms with Crippen molar-refractivity contribution < 1.29 is 14.6 Å². The van der Waals surface area contributed by atoms with Gasteiger partial charge in [0.1, 0.15) is 12.4 Å². The largest absolute Gasteiger partial charge is 0.487 e. The molecule has 0 radical (unpaired) electrons. The lowest BCUT2D eigenvalue weighted by Gasteiger charge is -2.30. The van der Waals surface area contributed by atoms with Gasteiger partial charge >= 0.3 is 6.03 Å².